The molecule has 24 heavy (non-hydrogen) atoms. The van der Waals surface area contributed by atoms with Crippen LogP contribution in [-0.2, 0) is 4.74 Å². The average Bonchev–Trinajstić information content (AvgIpc) is 2.60. The normalized spacial score (nSPS) is 10.2. The highest BCUT2D eigenvalue weighted by molar-refractivity contribution is 6.41. The molecule has 0 fully saturated rings. The second-order valence-electron chi connectivity index (χ2n) is 4.56. The van der Waals surface area contributed by atoms with Gasteiger partial charge >= 0.3 is 5.97 Å². The topological polar surface area (TPSA) is 74.7 Å². The Bertz CT molecular complexity index is 779. The van der Waals surface area contributed by atoms with E-state index in [0.29, 0.717) is 11.5 Å². The Morgan fingerprint density at radius 3 is 2.50 bits per heavy atom. The van der Waals surface area contributed by atoms with Crippen LogP contribution in [0.15, 0.2) is 30.5 Å². The van der Waals surface area contributed by atoms with Crippen LogP contribution in [0.5, 0.6) is 11.5 Å². The number of rotatable bonds is 6. The maximum absolute atomic E-state index is 12.2. The number of ether oxygens (including phenoxy) is 3. The number of esters is 1. The number of aromatic nitrogens is 1. The smallest absolute Gasteiger partial charge is 0.340 e. The third-order valence-corrected chi connectivity index (χ3v) is 3.76. The summed E-state index contributed by atoms with van der Waals surface area (Å²) in [5.41, 5.74) is 0.372. The molecule has 1 aromatic carbocycles. The van der Waals surface area contributed by atoms with Crippen molar-refractivity contribution < 1.29 is 23.8 Å². The van der Waals surface area contributed by atoms with Gasteiger partial charge in [0.15, 0.2) is 6.61 Å². The third kappa shape index (κ3) is 4.15. The number of hydrogen-bond donors (Lipinski definition) is 0. The summed E-state index contributed by atoms with van der Waals surface area (Å²) < 4.78 is 15.2. The van der Waals surface area contributed by atoms with Crippen molar-refractivity contribution in [3.8, 4) is 11.5 Å². The summed E-state index contributed by atoms with van der Waals surface area (Å²) in [6, 6.07) is 6.03. The van der Waals surface area contributed by atoms with E-state index in [9.17, 15) is 9.59 Å². The molecule has 2 aromatic rings. The standard InChI is InChI=1S/C16H13Cl2NO5/c1-22-10-3-4-11(14(6-10)23-2)13(20)8-24-16(21)9-5-12(17)15(18)19-7-9/h3-7H,8H2,1-2H3. The number of methoxy groups -OCH3 is 2. The van der Waals surface area contributed by atoms with Gasteiger partial charge in [0.05, 0.1) is 30.4 Å². The molecule has 0 N–H and O–H groups in total. The van der Waals surface area contributed by atoms with E-state index in [4.69, 9.17) is 37.4 Å². The van der Waals surface area contributed by atoms with E-state index in [1.54, 1.807) is 12.1 Å². The van der Waals surface area contributed by atoms with E-state index >= 15 is 0 Å². The number of carbonyl (C=O) groups excluding carboxylic acids is 2. The lowest BCUT2D eigenvalue weighted by atomic mass is 10.1. The van der Waals surface area contributed by atoms with Gasteiger partial charge in [-0.1, -0.05) is 23.2 Å². The highest BCUT2D eigenvalue weighted by Gasteiger charge is 2.17. The molecule has 0 aliphatic carbocycles. The van der Waals surface area contributed by atoms with Gasteiger partial charge in [0.1, 0.15) is 16.7 Å². The first kappa shape index (κ1) is 18.0. The SMILES string of the molecule is COc1ccc(C(=O)COC(=O)c2cnc(Cl)c(Cl)c2)c(OC)c1. The largest absolute Gasteiger partial charge is 0.497 e. The van der Waals surface area contributed by atoms with E-state index in [1.165, 1.54) is 32.5 Å². The van der Waals surface area contributed by atoms with Crippen molar-refractivity contribution in [3.63, 3.8) is 0 Å². The molecule has 0 radical (unpaired) electrons. The Balaban J connectivity index is 2.07. The van der Waals surface area contributed by atoms with Gasteiger partial charge in [-0.25, -0.2) is 9.78 Å². The van der Waals surface area contributed by atoms with Crippen LogP contribution in [0.2, 0.25) is 10.2 Å². The summed E-state index contributed by atoms with van der Waals surface area (Å²) in [6.07, 6.45) is 1.22. The van der Waals surface area contributed by atoms with Crippen molar-refractivity contribution in [2.45, 2.75) is 0 Å². The van der Waals surface area contributed by atoms with Crippen LogP contribution in [-0.4, -0.2) is 37.6 Å². The predicted molar refractivity (Wildman–Crippen MR) is 88.4 cm³/mol. The molecule has 0 atom stereocenters. The molecule has 0 aliphatic rings. The summed E-state index contributed by atoms with van der Waals surface area (Å²) in [5, 5.41) is 0.196. The summed E-state index contributed by atoms with van der Waals surface area (Å²) in [5.74, 6) is -0.286. The van der Waals surface area contributed by atoms with E-state index in [2.05, 4.69) is 4.98 Å². The van der Waals surface area contributed by atoms with Crippen molar-refractivity contribution >= 4 is 35.0 Å². The van der Waals surface area contributed by atoms with E-state index in [-0.39, 0.29) is 21.3 Å². The highest BCUT2D eigenvalue weighted by atomic mass is 35.5. The van der Waals surface area contributed by atoms with Gasteiger partial charge in [0.2, 0.25) is 5.78 Å². The second-order valence-corrected chi connectivity index (χ2v) is 5.33. The first-order valence-corrected chi connectivity index (χ1v) is 7.45. The number of nitrogens with zero attached hydrogens (tertiary/aromatic N) is 1. The highest BCUT2D eigenvalue weighted by Crippen LogP contribution is 2.25. The van der Waals surface area contributed by atoms with Crippen LogP contribution in [0.1, 0.15) is 20.7 Å². The number of carbonyl (C=O) groups is 2. The molecular weight excluding hydrogens is 357 g/mol. The van der Waals surface area contributed by atoms with Crippen LogP contribution >= 0.6 is 23.2 Å². The molecule has 0 saturated carbocycles. The van der Waals surface area contributed by atoms with Crippen molar-refractivity contribution in [1.82, 2.24) is 4.98 Å². The van der Waals surface area contributed by atoms with Gasteiger partial charge in [-0.05, 0) is 18.2 Å². The molecule has 0 saturated heterocycles. The van der Waals surface area contributed by atoms with Gasteiger partial charge in [-0.15, -0.1) is 0 Å². The summed E-state index contributed by atoms with van der Waals surface area (Å²) in [6.45, 7) is -0.457. The third-order valence-electron chi connectivity index (χ3n) is 3.08. The Morgan fingerprint density at radius 2 is 1.88 bits per heavy atom. The van der Waals surface area contributed by atoms with Gasteiger partial charge in [-0.2, -0.15) is 0 Å². The lowest BCUT2D eigenvalue weighted by Crippen LogP contribution is -2.15. The summed E-state index contributed by atoms with van der Waals surface area (Å²) >= 11 is 11.5. The molecular formula is C16H13Cl2NO5. The molecule has 0 bridgehead atoms. The van der Waals surface area contributed by atoms with Crippen molar-refractivity contribution in [2.24, 2.45) is 0 Å². The molecule has 1 aromatic heterocycles. The molecule has 0 spiro atoms. The van der Waals surface area contributed by atoms with Crippen LogP contribution < -0.4 is 9.47 Å². The Kier molecular flexibility index (Phi) is 6.00. The molecule has 126 valence electrons. The number of pyridine rings is 1. The van der Waals surface area contributed by atoms with Crippen LogP contribution in [0.3, 0.4) is 0 Å². The quantitative estimate of drug-likeness (QED) is 0.441. The first-order chi connectivity index (χ1) is 11.5. The van der Waals surface area contributed by atoms with E-state index < -0.39 is 18.4 Å². The van der Waals surface area contributed by atoms with Crippen LogP contribution in [0.4, 0.5) is 0 Å². The van der Waals surface area contributed by atoms with Gasteiger partial charge in [-0.3, -0.25) is 4.79 Å². The molecule has 0 amide bonds. The van der Waals surface area contributed by atoms with Gasteiger partial charge < -0.3 is 14.2 Å². The lowest BCUT2D eigenvalue weighted by molar-refractivity contribution is 0.0473. The number of benzene rings is 1. The van der Waals surface area contributed by atoms with Gasteiger partial charge in [0.25, 0.3) is 0 Å². The maximum Gasteiger partial charge on any atom is 0.340 e. The Morgan fingerprint density at radius 1 is 1.12 bits per heavy atom. The molecule has 1 heterocycles. The predicted octanol–water partition coefficient (Wildman–Crippen LogP) is 3.45. The Labute approximate surface area is 148 Å². The molecule has 0 aliphatic heterocycles. The van der Waals surface area contributed by atoms with E-state index in [1.807, 2.05) is 0 Å². The number of halogens is 2. The molecule has 8 heteroatoms. The fourth-order valence-electron chi connectivity index (χ4n) is 1.85. The monoisotopic (exact) mass is 369 g/mol. The first-order valence-electron chi connectivity index (χ1n) is 6.69. The fourth-order valence-corrected chi connectivity index (χ4v) is 2.12. The minimum absolute atomic E-state index is 0.0762. The zero-order valence-electron chi connectivity index (χ0n) is 12.8. The maximum atomic E-state index is 12.2. The minimum atomic E-state index is -0.734. The average molecular weight is 370 g/mol. The Hall–Kier alpha value is -2.31. The second kappa shape index (κ2) is 7.99. The van der Waals surface area contributed by atoms with Gasteiger partial charge in [0, 0.05) is 12.3 Å². The summed E-state index contributed by atoms with van der Waals surface area (Å²) in [4.78, 5) is 27.9. The number of Topliss-reactive ketones (excluding diaryl/α,β-unsaturated/α-hetero) is 1. The molecule has 6 nitrogen and oxygen atoms in total. The van der Waals surface area contributed by atoms with Crippen LogP contribution in [0, 0.1) is 0 Å². The van der Waals surface area contributed by atoms with Crippen molar-refractivity contribution in [3.05, 3.63) is 51.8 Å². The summed E-state index contributed by atoms with van der Waals surface area (Å²) in [7, 11) is 2.93. The van der Waals surface area contributed by atoms with Crippen molar-refractivity contribution in [2.75, 3.05) is 20.8 Å². The zero-order chi connectivity index (χ0) is 17.7. The zero-order valence-corrected chi connectivity index (χ0v) is 14.4. The fraction of sp³-hybridized carbons (Fsp3) is 0.188. The van der Waals surface area contributed by atoms with E-state index in [0.717, 1.165) is 0 Å². The lowest BCUT2D eigenvalue weighted by Gasteiger charge is -2.10. The minimum Gasteiger partial charge on any atom is -0.497 e. The van der Waals surface area contributed by atoms with Crippen LogP contribution in [0.25, 0.3) is 0 Å². The van der Waals surface area contributed by atoms with Crippen molar-refractivity contribution in [1.29, 1.82) is 0 Å². The number of hydrogen-bond acceptors (Lipinski definition) is 6. The molecule has 0 unspecified atom stereocenters. The molecule has 2 rings (SSSR count). The number of ketones is 1.